The zero-order valence-corrected chi connectivity index (χ0v) is 17.7. The van der Waals surface area contributed by atoms with Crippen LogP contribution < -0.4 is 10.9 Å². The summed E-state index contributed by atoms with van der Waals surface area (Å²) in [6, 6.07) is 1.65. The molecule has 2 heterocycles. The summed E-state index contributed by atoms with van der Waals surface area (Å²) in [5.74, 6) is -2.76. The van der Waals surface area contributed by atoms with Gasteiger partial charge < -0.3 is 20.4 Å². The fourth-order valence-electron chi connectivity index (χ4n) is 3.15. The van der Waals surface area contributed by atoms with Gasteiger partial charge in [-0.3, -0.25) is 19.0 Å². The normalized spacial score (nSPS) is 12.5. The van der Waals surface area contributed by atoms with E-state index in [1.807, 2.05) is 45.0 Å². The number of rotatable bonds is 7. The molecule has 30 heavy (non-hydrogen) atoms. The molecule has 3 N–H and O–H groups in total. The largest absolute Gasteiger partial charge is 0.506 e. The van der Waals surface area contributed by atoms with Gasteiger partial charge in [0.05, 0.1) is 5.39 Å². The predicted molar refractivity (Wildman–Crippen MR) is 115 cm³/mol. The third-order valence-corrected chi connectivity index (χ3v) is 4.43. The topological polar surface area (TPSA) is 125 Å². The summed E-state index contributed by atoms with van der Waals surface area (Å²) in [5, 5.41) is 21.7. The molecule has 9 nitrogen and oxygen atoms in total. The Morgan fingerprint density at radius 3 is 2.57 bits per heavy atom. The third-order valence-electron chi connectivity index (χ3n) is 4.43. The van der Waals surface area contributed by atoms with Gasteiger partial charge in [0.25, 0.3) is 11.5 Å². The predicted octanol–water partition coefficient (Wildman–Crippen LogP) is 1.36. The molecule has 2 rings (SSSR count). The molecule has 0 saturated heterocycles. The van der Waals surface area contributed by atoms with Crippen LogP contribution in [0.25, 0.3) is 16.6 Å². The zero-order valence-electron chi connectivity index (χ0n) is 17.7. The van der Waals surface area contributed by atoms with Crippen LogP contribution in [-0.4, -0.2) is 63.7 Å². The second-order valence-electron chi connectivity index (χ2n) is 7.23. The molecular weight excluding hydrogens is 388 g/mol. The van der Waals surface area contributed by atoms with Crippen molar-refractivity contribution in [2.75, 3.05) is 27.2 Å². The number of aromatic hydroxyl groups is 1. The lowest BCUT2D eigenvalue weighted by atomic mass is 10.0. The Morgan fingerprint density at radius 1 is 1.33 bits per heavy atom. The molecular formula is C21H26N4O5. The third kappa shape index (κ3) is 4.93. The quantitative estimate of drug-likeness (QED) is 0.584. The van der Waals surface area contributed by atoms with Crippen LogP contribution in [0.3, 0.4) is 0 Å². The summed E-state index contributed by atoms with van der Waals surface area (Å²) >= 11 is 0. The van der Waals surface area contributed by atoms with Crippen molar-refractivity contribution in [2.24, 2.45) is 7.05 Å². The Morgan fingerprint density at radius 2 is 2.00 bits per heavy atom. The van der Waals surface area contributed by atoms with Gasteiger partial charge in [-0.15, -0.1) is 0 Å². The number of carboxylic acid groups (broad SMARTS) is 1. The lowest BCUT2D eigenvalue weighted by molar-refractivity contribution is -0.135. The van der Waals surface area contributed by atoms with Crippen molar-refractivity contribution in [3.8, 4) is 5.75 Å². The summed E-state index contributed by atoms with van der Waals surface area (Å²) in [6.45, 7) is 3.98. The molecule has 2 aromatic rings. The minimum atomic E-state index is -1.26. The highest BCUT2D eigenvalue weighted by Crippen LogP contribution is 2.28. The number of pyridine rings is 2. The molecule has 0 radical (unpaired) electrons. The van der Waals surface area contributed by atoms with Gasteiger partial charge >= 0.3 is 5.97 Å². The Labute approximate surface area is 174 Å². The Balaban J connectivity index is 2.62. The van der Waals surface area contributed by atoms with E-state index in [4.69, 9.17) is 5.11 Å². The van der Waals surface area contributed by atoms with Crippen LogP contribution in [0.15, 0.2) is 34.8 Å². The molecule has 2 aromatic heterocycles. The minimum Gasteiger partial charge on any atom is -0.506 e. The van der Waals surface area contributed by atoms with Crippen LogP contribution in [0.1, 0.15) is 29.8 Å². The fraction of sp³-hybridized carbons (Fsp3) is 0.333. The summed E-state index contributed by atoms with van der Waals surface area (Å²) in [4.78, 5) is 41.9. The van der Waals surface area contributed by atoms with Crippen molar-refractivity contribution in [3.63, 3.8) is 0 Å². The van der Waals surface area contributed by atoms with Gasteiger partial charge in [-0.25, -0.2) is 4.98 Å². The molecule has 0 fully saturated rings. The van der Waals surface area contributed by atoms with Crippen LogP contribution in [0, 0.1) is 0 Å². The number of carbonyl (C=O) groups is 2. The van der Waals surface area contributed by atoms with Crippen LogP contribution in [0.4, 0.5) is 0 Å². The maximum atomic E-state index is 12.5. The van der Waals surface area contributed by atoms with Crippen molar-refractivity contribution in [1.29, 1.82) is 0 Å². The highest BCUT2D eigenvalue weighted by atomic mass is 16.4. The lowest BCUT2D eigenvalue weighted by Crippen LogP contribution is -2.35. The molecule has 9 heteroatoms. The standard InChI is InChI=1S/C21H26N4O5/c1-6-13(7-12(2)11-24(3)4)14-8-15-18(28)17(20(29)23-10-16(26)27)21(30)25(5)19(15)22-9-14/h6-9,28H,10-11H2,1-5H3,(H,23,29)(H,26,27)/b12-7-,13-6+. The number of aromatic nitrogens is 2. The van der Waals surface area contributed by atoms with Crippen molar-refractivity contribution in [1.82, 2.24) is 19.8 Å². The maximum absolute atomic E-state index is 12.5. The highest BCUT2D eigenvalue weighted by molar-refractivity contribution is 6.03. The number of hydrogen-bond acceptors (Lipinski definition) is 6. The van der Waals surface area contributed by atoms with E-state index in [9.17, 15) is 19.5 Å². The Bertz CT molecular complexity index is 1110. The Kier molecular flexibility index (Phi) is 7.12. The van der Waals surface area contributed by atoms with Crippen LogP contribution in [0.5, 0.6) is 5.75 Å². The number of carboxylic acids is 1. The first-order valence-corrected chi connectivity index (χ1v) is 9.27. The van der Waals surface area contributed by atoms with Gasteiger partial charge in [-0.2, -0.15) is 0 Å². The summed E-state index contributed by atoms with van der Waals surface area (Å²) in [7, 11) is 5.38. The van der Waals surface area contributed by atoms with Gasteiger partial charge in [0, 0.05) is 25.4 Å². The molecule has 0 saturated carbocycles. The number of aliphatic carboxylic acids is 1. The van der Waals surface area contributed by atoms with E-state index in [1.165, 1.54) is 7.05 Å². The molecule has 0 bridgehead atoms. The van der Waals surface area contributed by atoms with Gasteiger partial charge in [0.1, 0.15) is 23.5 Å². The average molecular weight is 414 g/mol. The van der Waals surface area contributed by atoms with Crippen LogP contribution >= 0.6 is 0 Å². The smallest absolute Gasteiger partial charge is 0.322 e. The number of allylic oxidation sites excluding steroid dienone is 3. The molecule has 1 amide bonds. The van der Waals surface area contributed by atoms with Gasteiger partial charge in [0.15, 0.2) is 0 Å². The van der Waals surface area contributed by atoms with E-state index < -0.39 is 35.3 Å². The van der Waals surface area contributed by atoms with Crippen molar-refractivity contribution >= 4 is 28.5 Å². The monoisotopic (exact) mass is 414 g/mol. The van der Waals surface area contributed by atoms with Gasteiger partial charge in [0.2, 0.25) is 0 Å². The lowest BCUT2D eigenvalue weighted by Gasteiger charge is -2.13. The first kappa shape index (κ1) is 22.8. The Hall–Kier alpha value is -3.46. The number of hydrogen-bond donors (Lipinski definition) is 3. The number of fused-ring (bicyclic) bond motifs is 1. The average Bonchev–Trinajstić information content (AvgIpc) is 2.68. The molecule has 0 aliphatic rings. The van der Waals surface area contributed by atoms with Gasteiger partial charge in [-0.1, -0.05) is 17.7 Å². The SMILES string of the molecule is C/C=C(\C=C(\C)CN(C)C)c1cnc2c(c1)c(O)c(C(=O)NCC(=O)O)c(=O)n2C. The van der Waals surface area contributed by atoms with E-state index >= 15 is 0 Å². The number of likely N-dealkylation sites (N-methyl/N-ethyl adjacent to an activating group) is 1. The molecule has 0 atom stereocenters. The molecule has 0 aliphatic carbocycles. The zero-order chi connectivity index (χ0) is 22.6. The van der Waals surface area contributed by atoms with Crippen LogP contribution in [0.2, 0.25) is 0 Å². The first-order chi connectivity index (χ1) is 14.1. The van der Waals surface area contributed by atoms with Crippen LogP contribution in [-0.2, 0) is 11.8 Å². The van der Waals surface area contributed by atoms with Gasteiger partial charge in [-0.05, 0) is 39.6 Å². The molecule has 160 valence electrons. The maximum Gasteiger partial charge on any atom is 0.322 e. The minimum absolute atomic E-state index is 0.209. The highest BCUT2D eigenvalue weighted by Gasteiger charge is 2.22. The summed E-state index contributed by atoms with van der Waals surface area (Å²) in [6.07, 6.45) is 5.50. The number of amides is 1. The second kappa shape index (κ2) is 9.36. The van der Waals surface area contributed by atoms with E-state index in [-0.39, 0.29) is 11.0 Å². The summed E-state index contributed by atoms with van der Waals surface area (Å²) in [5.41, 5.74) is 1.61. The summed E-state index contributed by atoms with van der Waals surface area (Å²) < 4.78 is 1.15. The molecule has 0 aromatic carbocycles. The molecule has 0 aliphatic heterocycles. The van der Waals surface area contributed by atoms with Crippen molar-refractivity contribution < 1.29 is 19.8 Å². The number of aryl methyl sites for hydroxylation is 1. The first-order valence-electron chi connectivity index (χ1n) is 9.27. The second-order valence-corrected chi connectivity index (χ2v) is 7.23. The van der Waals surface area contributed by atoms with Crippen molar-refractivity contribution in [3.05, 3.63) is 51.5 Å². The van der Waals surface area contributed by atoms with E-state index in [0.717, 1.165) is 22.3 Å². The fourth-order valence-corrected chi connectivity index (χ4v) is 3.15. The number of nitrogens with zero attached hydrogens (tertiary/aromatic N) is 3. The van der Waals surface area contributed by atoms with E-state index in [0.29, 0.717) is 5.56 Å². The van der Waals surface area contributed by atoms with E-state index in [2.05, 4.69) is 10.3 Å². The molecule has 0 unspecified atom stereocenters. The molecule has 0 spiro atoms. The number of nitrogens with one attached hydrogen (secondary N) is 1. The van der Waals surface area contributed by atoms with Crippen molar-refractivity contribution in [2.45, 2.75) is 13.8 Å². The van der Waals surface area contributed by atoms with E-state index in [1.54, 1.807) is 12.3 Å². The number of carbonyl (C=O) groups excluding carboxylic acids is 1.